The zero-order valence-corrected chi connectivity index (χ0v) is 17.5. The summed E-state index contributed by atoms with van der Waals surface area (Å²) in [6.07, 6.45) is -3.29. The van der Waals surface area contributed by atoms with Crippen LogP contribution in [0.15, 0.2) is 18.2 Å². The fraction of sp³-hybridized carbons (Fsp3) is 0.636. The molecule has 32 heavy (non-hydrogen) atoms. The average molecular weight is 455 g/mol. The number of amides is 2. The van der Waals surface area contributed by atoms with Crippen molar-refractivity contribution in [1.29, 1.82) is 0 Å². The van der Waals surface area contributed by atoms with E-state index in [-0.39, 0.29) is 48.0 Å². The number of hydrogen-bond acceptors (Lipinski definition) is 4. The summed E-state index contributed by atoms with van der Waals surface area (Å²) < 4.78 is 57.8. The summed E-state index contributed by atoms with van der Waals surface area (Å²) >= 11 is 0. The van der Waals surface area contributed by atoms with E-state index in [1.165, 1.54) is 6.07 Å². The number of Topliss-reactive ketones (excluding diaryl/α,β-unsaturated/α-hetero) is 1. The van der Waals surface area contributed by atoms with Gasteiger partial charge in [0, 0.05) is 69.1 Å². The summed E-state index contributed by atoms with van der Waals surface area (Å²) in [7, 11) is 0. The van der Waals surface area contributed by atoms with Crippen LogP contribution in [0.5, 0.6) is 0 Å². The van der Waals surface area contributed by atoms with Crippen molar-refractivity contribution in [3.8, 4) is 0 Å². The van der Waals surface area contributed by atoms with Crippen LogP contribution in [0.1, 0.15) is 24.0 Å². The summed E-state index contributed by atoms with van der Waals surface area (Å²) in [5.74, 6) is -0.690. The third-order valence-corrected chi connectivity index (χ3v) is 7.10. The Morgan fingerprint density at radius 3 is 2.59 bits per heavy atom. The minimum Gasteiger partial charge on any atom is -0.370 e. The fourth-order valence-electron chi connectivity index (χ4n) is 5.56. The number of carbonyl (C=O) groups excluding carboxylic acids is 2. The maximum absolute atomic E-state index is 14.1. The lowest BCUT2D eigenvalue weighted by Gasteiger charge is -2.61. The minimum atomic E-state index is -4.56. The van der Waals surface area contributed by atoms with Crippen LogP contribution in [0.25, 0.3) is 0 Å². The van der Waals surface area contributed by atoms with Crippen molar-refractivity contribution < 1.29 is 31.9 Å². The first kappa shape index (κ1) is 21.6. The van der Waals surface area contributed by atoms with Gasteiger partial charge in [0.2, 0.25) is 0 Å². The third kappa shape index (κ3) is 3.98. The highest BCUT2D eigenvalue weighted by Gasteiger charge is 2.54. The molecule has 1 spiro atoms. The fourth-order valence-corrected chi connectivity index (χ4v) is 5.56. The van der Waals surface area contributed by atoms with Gasteiger partial charge < -0.3 is 14.5 Å². The first-order valence-corrected chi connectivity index (χ1v) is 10.9. The summed E-state index contributed by atoms with van der Waals surface area (Å²) in [5, 5.41) is 0. The second-order valence-corrected chi connectivity index (χ2v) is 9.67. The van der Waals surface area contributed by atoms with Crippen LogP contribution < -0.4 is 0 Å². The number of alkyl halides is 3. The van der Waals surface area contributed by atoms with Crippen LogP contribution in [0, 0.1) is 17.2 Å². The van der Waals surface area contributed by atoms with Gasteiger partial charge in [0.1, 0.15) is 12.4 Å². The number of nitrogens with zero attached hydrogens (tertiary/aromatic N) is 3. The van der Waals surface area contributed by atoms with E-state index in [1.54, 1.807) is 0 Å². The summed E-state index contributed by atoms with van der Waals surface area (Å²) in [6, 6.07) is 2.64. The number of halogens is 4. The molecule has 0 N–H and O–H groups in total. The number of likely N-dealkylation sites (tertiary alicyclic amines) is 3. The van der Waals surface area contributed by atoms with Crippen LogP contribution in [0.3, 0.4) is 0 Å². The van der Waals surface area contributed by atoms with Gasteiger partial charge in [-0.3, -0.25) is 9.69 Å². The van der Waals surface area contributed by atoms with Gasteiger partial charge in [-0.2, -0.15) is 13.2 Å². The van der Waals surface area contributed by atoms with Crippen LogP contribution >= 0.6 is 0 Å². The van der Waals surface area contributed by atoms with Crippen molar-refractivity contribution in [2.45, 2.75) is 31.7 Å². The van der Waals surface area contributed by atoms with Gasteiger partial charge in [-0.25, -0.2) is 9.18 Å². The quantitative estimate of drug-likeness (QED) is 0.644. The summed E-state index contributed by atoms with van der Waals surface area (Å²) in [6.45, 7) is 4.21. The van der Waals surface area contributed by atoms with Crippen molar-refractivity contribution >= 4 is 11.8 Å². The smallest absolute Gasteiger partial charge is 0.370 e. The number of ketones is 1. The van der Waals surface area contributed by atoms with E-state index < -0.39 is 17.6 Å². The van der Waals surface area contributed by atoms with Gasteiger partial charge in [-0.15, -0.1) is 0 Å². The Hall–Kier alpha value is -2.20. The Morgan fingerprint density at radius 1 is 1.16 bits per heavy atom. The molecule has 4 saturated heterocycles. The van der Waals surface area contributed by atoms with Gasteiger partial charge in [-0.1, -0.05) is 6.07 Å². The molecule has 0 saturated carbocycles. The molecule has 6 nitrogen and oxygen atoms in total. The number of rotatable bonds is 2. The van der Waals surface area contributed by atoms with Crippen molar-refractivity contribution in [3.05, 3.63) is 35.1 Å². The second kappa shape index (κ2) is 7.69. The van der Waals surface area contributed by atoms with Crippen LogP contribution in [0.4, 0.5) is 22.4 Å². The molecule has 174 valence electrons. The van der Waals surface area contributed by atoms with E-state index in [1.807, 2.05) is 14.7 Å². The predicted molar refractivity (Wildman–Crippen MR) is 105 cm³/mol. The Morgan fingerprint density at radius 2 is 1.91 bits per heavy atom. The zero-order valence-electron chi connectivity index (χ0n) is 17.5. The topological polar surface area (TPSA) is 53.1 Å². The van der Waals surface area contributed by atoms with Crippen LogP contribution in [-0.2, 0) is 22.3 Å². The number of hydrogen-bond donors (Lipinski definition) is 0. The lowest BCUT2D eigenvalue weighted by molar-refractivity contribution is -0.141. The molecule has 4 aliphatic heterocycles. The molecule has 10 heteroatoms. The van der Waals surface area contributed by atoms with Crippen LogP contribution in [-0.4, -0.2) is 78.5 Å². The molecule has 4 fully saturated rings. The molecule has 4 aliphatic rings. The highest BCUT2D eigenvalue weighted by Crippen LogP contribution is 2.41. The monoisotopic (exact) mass is 455 g/mol. The lowest BCUT2D eigenvalue weighted by Crippen LogP contribution is -2.73. The molecular formula is C22H25F4N3O3. The van der Waals surface area contributed by atoms with Gasteiger partial charge in [-0.05, 0) is 18.6 Å². The highest BCUT2D eigenvalue weighted by molar-refractivity contribution is 5.81. The van der Waals surface area contributed by atoms with E-state index >= 15 is 0 Å². The largest absolute Gasteiger partial charge is 0.416 e. The number of carbonyl (C=O) groups is 2. The Balaban J connectivity index is 1.10. The molecule has 0 bridgehead atoms. The third-order valence-electron chi connectivity index (χ3n) is 7.10. The number of urea groups is 1. The molecule has 0 aromatic heterocycles. The standard InChI is InChI=1S/C22H25F4N3O3/c23-18-6-16(22(24,25)26)2-1-14(18)7-27-10-21(11-27)12-29(13-21)20(31)28-4-3-19-15(8-28)5-17(30)9-32-19/h1-2,6,15,19H,3-5,7-13H2/t15-,19+/m1/s1. The Labute approximate surface area is 183 Å². The molecule has 0 aliphatic carbocycles. The SMILES string of the molecule is O=C1CO[C@H]2CCN(C(=O)N3CC4(CN(Cc5ccc(C(F)(F)F)cc5F)C4)C3)C[C@H]2C1. The maximum Gasteiger partial charge on any atom is 0.416 e. The van der Waals surface area contributed by atoms with E-state index in [0.29, 0.717) is 51.8 Å². The first-order chi connectivity index (χ1) is 15.1. The Kier molecular flexibility index (Phi) is 5.20. The molecule has 2 amide bonds. The predicted octanol–water partition coefficient (Wildman–Crippen LogP) is 2.76. The first-order valence-electron chi connectivity index (χ1n) is 10.9. The minimum absolute atomic E-state index is 0.0136. The van der Waals surface area contributed by atoms with Crippen molar-refractivity contribution in [2.24, 2.45) is 11.3 Å². The maximum atomic E-state index is 14.1. The molecule has 2 atom stereocenters. The summed E-state index contributed by atoms with van der Waals surface area (Å²) in [4.78, 5) is 30.1. The molecule has 5 rings (SSSR count). The second-order valence-electron chi connectivity index (χ2n) is 9.67. The van der Waals surface area contributed by atoms with Crippen molar-refractivity contribution in [1.82, 2.24) is 14.7 Å². The van der Waals surface area contributed by atoms with Gasteiger partial charge in [0.05, 0.1) is 11.7 Å². The number of ether oxygens (including phenoxy) is 1. The van der Waals surface area contributed by atoms with E-state index in [4.69, 9.17) is 4.74 Å². The van der Waals surface area contributed by atoms with Gasteiger partial charge in [0.25, 0.3) is 0 Å². The number of benzene rings is 1. The van der Waals surface area contributed by atoms with Crippen molar-refractivity contribution in [3.63, 3.8) is 0 Å². The average Bonchev–Trinajstić information content (AvgIpc) is 2.68. The van der Waals surface area contributed by atoms with Crippen LogP contribution in [0.2, 0.25) is 0 Å². The zero-order chi connectivity index (χ0) is 22.7. The molecule has 1 aromatic rings. The molecule has 0 radical (unpaired) electrons. The highest BCUT2D eigenvalue weighted by atomic mass is 19.4. The molecular weight excluding hydrogens is 430 g/mol. The molecule has 0 unspecified atom stereocenters. The van der Waals surface area contributed by atoms with Gasteiger partial charge >= 0.3 is 12.2 Å². The van der Waals surface area contributed by atoms with E-state index in [0.717, 1.165) is 12.5 Å². The molecule has 1 aromatic carbocycles. The Bertz CT molecular complexity index is 923. The normalized spacial score (nSPS) is 27.7. The van der Waals surface area contributed by atoms with Crippen molar-refractivity contribution in [2.75, 3.05) is 45.9 Å². The van der Waals surface area contributed by atoms with Gasteiger partial charge in [0.15, 0.2) is 5.78 Å². The molecule has 4 heterocycles. The number of piperidine rings is 1. The summed E-state index contributed by atoms with van der Waals surface area (Å²) in [5.41, 5.74) is -0.757. The number of fused-ring (bicyclic) bond motifs is 1. The van der Waals surface area contributed by atoms with E-state index in [2.05, 4.69) is 0 Å². The van der Waals surface area contributed by atoms with E-state index in [9.17, 15) is 27.2 Å². The lowest BCUT2D eigenvalue weighted by atomic mass is 9.72.